The molecule has 0 radical (unpaired) electrons. The predicted octanol–water partition coefficient (Wildman–Crippen LogP) is 4.86. The van der Waals surface area contributed by atoms with Gasteiger partial charge in [-0.3, -0.25) is 0 Å². The molecule has 6 heteroatoms. The van der Waals surface area contributed by atoms with E-state index in [0.29, 0.717) is 5.95 Å². The molecule has 2 N–H and O–H groups in total. The summed E-state index contributed by atoms with van der Waals surface area (Å²) >= 11 is 5.20. The summed E-state index contributed by atoms with van der Waals surface area (Å²) in [5.41, 5.74) is 2.19. The van der Waals surface area contributed by atoms with E-state index in [-0.39, 0.29) is 0 Å². The molecular weight excluding hydrogens is 348 g/mol. The van der Waals surface area contributed by atoms with Crippen molar-refractivity contribution in [2.75, 3.05) is 17.7 Å². The van der Waals surface area contributed by atoms with E-state index in [0.717, 1.165) is 26.2 Å². The van der Waals surface area contributed by atoms with E-state index in [9.17, 15) is 0 Å². The van der Waals surface area contributed by atoms with Gasteiger partial charge in [-0.25, -0.2) is 4.98 Å². The fourth-order valence-electron chi connectivity index (χ4n) is 2.19. The number of nitrogens with zero attached hydrogens (tertiary/aromatic N) is 2. The van der Waals surface area contributed by atoms with E-state index in [2.05, 4.69) is 68.6 Å². The van der Waals surface area contributed by atoms with Crippen LogP contribution >= 0.6 is 27.3 Å². The number of thiophene rings is 1. The van der Waals surface area contributed by atoms with Gasteiger partial charge in [0, 0.05) is 22.1 Å². The lowest BCUT2D eigenvalue weighted by molar-refractivity contribution is 1.20. The van der Waals surface area contributed by atoms with Gasteiger partial charge in [0.1, 0.15) is 10.6 Å². The highest BCUT2D eigenvalue weighted by molar-refractivity contribution is 9.10. The van der Waals surface area contributed by atoms with Crippen LogP contribution in [0.5, 0.6) is 0 Å². The van der Waals surface area contributed by atoms with Crippen molar-refractivity contribution in [3.8, 4) is 0 Å². The number of benzene rings is 1. The summed E-state index contributed by atoms with van der Waals surface area (Å²) in [7, 11) is 1.83. The normalized spacial score (nSPS) is 10.9. The molecule has 0 aliphatic rings. The summed E-state index contributed by atoms with van der Waals surface area (Å²) in [6.45, 7) is 4.15. The van der Waals surface area contributed by atoms with Crippen LogP contribution in [0.3, 0.4) is 0 Å². The summed E-state index contributed by atoms with van der Waals surface area (Å²) in [5.74, 6) is 1.45. The quantitative estimate of drug-likeness (QED) is 0.698. The van der Waals surface area contributed by atoms with Crippen LogP contribution in [0.15, 0.2) is 28.7 Å². The third-order valence-corrected chi connectivity index (χ3v) is 4.45. The lowest BCUT2D eigenvalue weighted by Crippen LogP contribution is -2.01. The molecule has 0 amide bonds. The van der Waals surface area contributed by atoms with Crippen molar-refractivity contribution in [2.24, 2.45) is 0 Å². The molecule has 21 heavy (non-hydrogen) atoms. The Morgan fingerprint density at radius 2 is 1.90 bits per heavy atom. The van der Waals surface area contributed by atoms with Crippen LogP contribution in [-0.4, -0.2) is 17.0 Å². The third kappa shape index (κ3) is 3.01. The Kier molecular flexibility index (Phi) is 3.82. The number of aromatic nitrogens is 2. The molecule has 0 aliphatic carbocycles. The van der Waals surface area contributed by atoms with E-state index in [1.54, 1.807) is 11.3 Å². The van der Waals surface area contributed by atoms with Crippen LogP contribution in [-0.2, 0) is 0 Å². The molecule has 0 bridgehead atoms. The van der Waals surface area contributed by atoms with E-state index < -0.39 is 0 Å². The number of hydrogen-bond acceptors (Lipinski definition) is 5. The lowest BCUT2D eigenvalue weighted by atomic mass is 10.2. The van der Waals surface area contributed by atoms with Gasteiger partial charge >= 0.3 is 0 Å². The van der Waals surface area contributed by atoms with Crippen molar-refractivity contribution >= 4 is 54.9 Å². The Balaban J connectivity index is 2.10. The largest absolute Gasteiger partial charge is 0.357 e. The van der Waals surface area contributed by atoms with E-state index in [4.69, 9.17) is 0 Å². The fraction of sp³-hybridized carbons (Fsp3) is 0.200. The van der Waals surface area contributed by atoms with Gasteiger partial charge in [-0.2, -0.15) is 4.98 Å². The van der Waals surface area contributed by atoms with Gasteiger partial charge in [-0.05, 0) is 43.7 Å². The summed E-state index contributed by atoms with van der Waals surface area (Å²) in [4.78, 5) is 11.3. The van der Waals surface area contributed by atoms with Crippen LogP contribution in [0.1, 0.15) is 10.4 Å². The standard InChI is InChI=1S/C15H15BrN4S/c1-8-4-10(16)7-11(5-8)18-13-12-6-9(2)21-14(12)20-15(17-3)19-13/h4-7H,1-3H3,(H2,17,18,19,20). The highest BCUT2D eigenvalue weighted by atomic mass is 79.9. The lowest BCUT2D eigenvalue weighted by Gasteiger charge is -2.10. The number of aryl methyl sites for hydroxylation is 2. The molecule has 0 spiro atoms. The van der Waals surface area contributed by atoms with E-state index in [1.165, 1.54) is 10.4 Å². The Bertz CT molecular complexity index is 793. The van der Waals surface area contributed by atoms with Gasteiger partial charge in [-0.1, -0.05) is 15.9 Å². The molecule has 4 nitrogen and oxygen atoms in total. The molecule has 0 saturated heterocycles. The first-order chi connectivity index (χ1) is 10.0. The average Bonchev–Trinajstić information content (AvgIpc) is 2.78. The third-order valence-electron chi connectivity index (χ3n) is 3.04. The number of anilines is 3. The molecular formula is C15H15BrN4S. The zero-order valence-electron chi connectivity index (χ0n) is 12.0. The van der Waals surface area contributed by atoms with Crippen LogP contribution in [0.2, 0.25) is 0 Å². The highest BCUT2D eigenvalue weighted by Crippen LogP contribution is 2.32. The molecule has 0 fully saturated rings. The summed E-state index contributed by atoms with van der Waals surface area (Å²) in [6.07, 6.45) is 0. The minimum atomic E-state index is 0.624. The SMILES string of the molecule is CNc1nc(Nc2cc(C)cc(Br)c2)c2cc(C)sc2n1. The number of halogens is 1. The van der Waals surface area contributed by atoms with Gasteiger partial charge in [-0.15, -0.1) is 11.3 Å². The second kappa shape index (κ2) is 5.61. The molecule has 3 aromatic rings. The maximum absolute atomic E-state index is 4.55. The minimum Gasteiger partial charge on any atom is -0.357 e. The second-order valence-corrected chi connectivity index (χ2v) is 7.01. The smallest absolute Gasteiger partial charge is 0.225 e. The molecule has 0 atom stereocenters. The summed E-state index contributed by atoms with van der Waals surface area (Å²) in [5, 5.41) is 7.46. The molecule has 0 aliphatic heterocycles. The summed E-state index contributed by atoms with van der Waals surface area (Å²) < 4.78 is 1.05. The predicted molar refractivity (Wildman–Crippen MR) is 93.9 cm³/mol. The Morgan fingerprint density at radius 1 is 1.10 bits per heavy atom. The van der Waals surface area contributed by atoms with Crippen molar-refractivity contribution in [3.63, 3.8) is 0 Å². The maximum Gasteiger partial charge on any atom is 0.225 e. The number of rotatable bonds is 3. The Hall–Kier alpha value is -1.66. The monoisotopic (exact) mass is 362 g/mol. The molecule has 3 rings (SSSR count). The number of fused-ring (bicyclic) bond motifs is 1. The van der Waals surface area contributed by atoms with E-state index >= 15 is 0 Å². The van der Waals surface area contributed by atoms with Crippen molar-refractivity contribution in [2.45, 2.75) is 13.8 Å². The van der Waals surface area contributed by atoms with Crippen molar-refractivity contribution in [1.82, 2.24) is 9.97 Å². The first-order valence-corrected chi connectivity index (χ1v) is 8.16. The molecule has 2 heterocycles. The van der Waals surface area contributed by atoms with Gasteiger partial charge in [0.2, 0.25) is 5.95 Å². The first-order valence-electron chi connectivity index (χ1n) is 6.55. The molecule has 0 unspecified atom stereocenters. The average molecular weight is 363 g/mol. The van der Waals surface area contributed by atoms with Crippen LogP contribution in [0, 0.1) is 13.8 Å². The van der Waals surface area contributed by atoms with Gasteiger partial charge in [0.05, 0.1) is 5.39 Å². The minimum absolute atomic E-state index is 0.624. The van der Waals surface area contributed by atoms with Crippen LogP contribution in [0.4, 0.5) is 17.5 Å². The molecule has 0 saturated carbocycles. The first kappa shape index (κ1) is 14.3. The van der Waals surface area contributed by atoms with Gasteiger partial charge in [0.15, 0.2) is 0 Å². The highest BCUT2D eigenvalue weighted by Gasteiger charge is 2.10. The zero-order chi connectivity index (χ0) is 15.0. The van der Waals surface area contributed by atoms with Gasteiger partial charge < -0.3 is 10.6 Å². The van der Waals surface area contributed by atoms with E-state index in [1.807, 2.05) is 13.1 Å². The zero-order valence-corrected chi connectivity index (χ0v) is 14.4. The second-order valence-electron chi connectivity index (χ2n) is 4.86. The molecule has 2 aromatic heterocycles. The van der Waals surface area contributed by atoms with Crippen LogP contribution in [0.25, 0.3) is 10.2 Å². The van der Waals surface area contributed by atoms with Crippen molar-refractivity contribution < 1.29 is 0 Å². The topological polar surface area (TPSA) is 49.8 Å². The van der Waals surface area contributed by atoms with Crippen molar-refractivity contribution in [1.29, 1.82) is 0 Å². The maximum atomic E-state index is 4.55. The van der Waals surface area contributed by atoms with Crippen LogP contribution < -0.4 is 10.6 Å². The Labute approximate surface area is 135 Å². The number of hydrogen-bond donors (Lipinski definition) is 2. The summed E-state index contributed by atoms with van der Waals surface area (Å²) in [6, 6.07) is 8.33. The van der Waals surface area contributed by atoms with Crippen molar-refractivity contribution in [3.05, 3.63) is 39.2 Å². The Morgan fingerprint density at radius 3 is 2.62 bits per heavy atom. The van der Waals surface area contributed by atoms with Gasteiger partial charge in [0.25, 0.3) is 0 Å². The molecule has 1 aromatic carbocycles. The number of nitrogens with one attached hydrogen (secondary N) is 2. The fourth-order valence-corrected chi connectivity index (χ4v) is 3.68. The molecule has 108 valence electrons.